The van der Waals surface area contributed by atoms with Crippen LogP contribution in [0.3, 0.4) is 0 Å². The molecule has 17 heavy (non-hydrogen) atoms. The molecule has 0 unspecified atom stereocenters. The zero-order chi connectivity index (χ0) is 12.4. The summed E-state index contributed by atoms with van der Waals surface area (Å²) in [4.78, 5) is 0. The predicted octanol–water partition coefficient (Wildman–Crippen LogP) is 4.79. The lowest BCUT2D eigenvalue weighted by Crippen LogP contribution is -1.91. The molecule has 1 aromatic rings. The van der Waals surface area contributed by atoms with Gasteiger partial charge in [-0.2, -0.15) is 0 Å². The van der Waals surface area contributed by atoms with E-state index in [1.807, 2.05) is 6.08 Å². The number of hydrogen-bond acceptors (Lipinski definition) is 0. The highest BCUT2D eigenvalue weighted by atomic mass is 14.2. The Labute approximate surface area is 104 Å². The molecule has 0 fully saturated rings. The maximum absolute atomic E-state index is 4.06. The standard InChI is InChI=1S/C17H18/c1-5-8-13-11-17-15(12(3)4)9-7-10-16(17)14(13)6-2/h5-10H,2-3,11H2,1,4H3/b8-5-. The van der Waals surface area contributed by atoms with Gasteiger partial charge < -0.3 is 0 Å². The van der Waals surface area contributed by atoms with Crippen LogP contribution in [0.5, 0.6) is 0 Å². The van der Waals surface area contributed by atoms with Gasteiger partial charge in [-0.3, -0.25) is 0 Å². The Kier molecular flexibility index (Phi) is 3.14. The third-order valence-electron chi connectivity index (χ3n) is 3.21. The van der Waals surface area contributed by atoms with Crippen molar-refractivity contribution >= 4 is 11.1 Å². The maximum Gasteiger partial charge on any atom is -0.000753 e. The van der Waals surface area contributed by atoms with Gasteiger partial charge in [0.2, 0.25) is 0 Å². The highest BCUT2D eigenvalue weighted by Crippen LogP contribution is 2.37. The van der Waals surface area contributed by atoms with Crippen LogP contribution < -0.4 is 0 Å². The molecule has 1 aromatic carbocycles. The minimum atomic E-state index is 0.990. The van der Waals surface area contributed by atoms with E-state index in [9.17, 15) is 0 Å². The number of hydrogen-bond donors (Lipinski definition) is 0. The monoisotopic (exact) mass is 222 g/mol. The molecule has 86 valence electrons. The van der Waals surface area contributed by atoms with Crippen LogP contribution >= 0.6 is 0 Å². The van der Waals surface area contributed by atoms with Crippen LogP contribution in [0, 0.1) is 0 Å². The molecule has 0 heteroatoms. The van der Waals surface area contributed by atoms with Gasteiger partial charge in [-0.05, 0) is 48.1 Å². The van der Waals surface area contributed by atoms with E-state index in [2.05, 4.69) is 57.4 Å². The van der Waals surface area contributed by atoms with E-state index in [4.69, 9.17) is 0 Å². The number of benzene rings is 1. The normalized spacial score (nSPS) is 14.2. The van der Waals surface area contributed by atoms with Gasteiger partial charge in [0, 0.05) is 0 Å². The molecule has 0 bridgehead atoms. The predicted molar refractivity (Wildman–Crippen MR) is 76.8 cm³/mol. The fraction of sp³-hybridized carbons (Fsp3) is 0.176. The number of allylic oxidation sites excluding steroid dienone is 6. The summed E-state index contributed by atoms with van der Waals surface area (Å²) in [5.74, 6) is 0. The van der Waals surface area contributed by atoms with Crippen LogP contribution in [-0.2, 0) is 6.42 Å². The lowest BCUT2D eigenvalue weighted by Gasteiger charge is -2.08. The first-order valence-electron chi connectivity index (χ1n) is 5.95. The molecule has 2 rings (SSSR count). The van der Waals surface area contributed by atoms with Crippen molar-refractivity contribution in [3.63, 3.8) is 0 Å². The van der Waals surface area contributed by atoms with Gasteiger partial charge in [-0.1, -0.05) is 55.2 Å². The van der Waals surface area contributed by atoms with Crippen molar-refractivity contribution in [2.24, 2.45) is 0 Å². The third kappa shape index (κ3) is 1.91. The summed E-state index contributed by atoms with van der Waals surface area (Å²) in [5, 5.41) is 0. The molecule has 0 nitrogen and oxygen atoms in total. The first kappa shape index (κ1) is 11.7. The van der Waals surface area contributed by atoms with Gasteiger partial charge in [-0.15, -0.1) is 0 Å². The van der Waals surface area contributed by atoms with Crippen molar-refractivity contribution in [2.75, 3.05) is 0 Å². The van der Waals surface area contributed by atoms with Crippen LogP contribution in [0.15, 0.2) is 55.2 Å². The number of rotatable bonds is 3. The second-order valence-corrected chi connectivity index (χ2v) is 4.43. The lowest BCUT2D eigenvalue weighted by atomic mass is 9.96. The second kappa shape index (κ2) is 4.58. The minimum absolute atomic E-state index is 0.990. The molecule has 0 spiro atoms. The summed E-state index contributed by atoms with van der Waals surface area (Å²) < 4.78 is 0. The summed E-state index contributed by atoms with van der Waals surface area (Å²) in [7, 11) is 0. The summed E-state index contributed by atoms with van der Waals surface area (Å²) in [6.07, 6.45) is 7.22. The van der Waals surface area contributed by atoms with Gasteiger partial charge in [0.15, 0.2) is 0 Å². The lowest BCUT2D eigenvalue weighted by molar-refractivity contribution is 1.23. The van der Waals surface area contributed by atoms with E-state index in [1.54, 1.807) is 0 Å². The first-order chi connectivity index (χ1) is 8.19. The van der Waals surface area contributed by atoms with Crippen molar-refractivity contribution in [2.45, 2.75) is 20.3 Å². The molecule has 0 atom stereocenters. The maximum atomic E-state index is 4.06. The Hall–Kier alpha value is -1.82. The van der Waals surface area contributed by atoms with E-state index < -0.39 is 0 Å². The summed E-state index contributed by atoms with van der Waals surface area (Å²) >= 11 is 0. The zero-order valence-corrected chi connectivity index (χ0v) is 10.6. The Balaban J connectivity index is 2.61. The second-order valence-electron chi connectivity index (χ2n) is 4.43. The Morgan fingerprint density at radius 1 is 1.35 bits per heavy atom. The van der Waals surface area contributed by atoms with Crippen molar-refractivity contribution in [1.82, 2.24) is 0 Å². The van der Waals surface area contributed by atoms with Gasteiger partial charge in [0.05, 0.1) is 0 Å². The molecule has 0 amide bonds. The minimum Gasteiger partial charge on any atom is -0.0984 e. The van der Waals surface area contributed by atoms with E-state index in [0.717, 1.165) is 12.0 Å². The average Bonchev–Trinajstić information content (AvgIpc) is 2.66. The average molecular weight is 222 g/mol. The van der Waals surface area contributed by atoms with Crippen LogP contribution in [-0.4, -0.2) is 0 Å². The van der Waals surface area contributed by atoms with E-state index in [-0.39, 0.29) is 0 Å². The fourth-order valence-corrected chi connectivity index (χ4v) is 2.48. The summed E-state index contributed by atoms with van der Waals surface area (Å²) in [6.45, 7) is 12.1. The van der Waals surface area contributed by atoms with Crippen LogP contribution in [0.2, 0.25) is 0 Å². The highest BCUT2D eigenvalue weighted by Gasteiger charge is 2.20. The molecule has 0 heterocycles. The Bertz CT molecular complexity index is 539. The van der Waals surface area contributed by atoms with Gasteiger partial charge in [0.1, 0.15) is 0 Å². The molecule has 0 radical (unpaired) electrons. The largest absolute Gasteiger partial charge is 0.0984 e. The smallest absolute Gasteiger partial charge is 0.000753 e. The number of fused-ring (bicyclic) bond motifs is 1. The fourth-order valence-electron chi connectivity index (χ4n) is 2.48. The zero-order valence-electron chi connectivity index (χ0n) is 10.6. The Morgan fingerprint density at radius 2 is 2.12 bits per heavy atom. The summed E-state index contributed by atoms with van der Waals surface area (Å²) in [5.41, 5.74) is 7.73. The van der Waals surface area contributed by atoms with E-state index in [1.165, 1.54) is 27.8 Å². The van der Waals surface area contributed by atoms with Crippen molar-refractivity contribution in [3.8, 4) is 0 Å². The topological polar surface area (TPSA) is 0 Å². The SMILES string of the molecule is C=CC1=C(/C=C\C)Cc2c(C(=C)C)cccc21. The van der Waals surface area contributed by atoms with Crippen molar-refractivity contribution in [3.05, 3.63) is 71.8 Å². The molecular weight excluding hydrogens is 204 g/mol. The molecule has 0 aromatic heterocycles. The van der Waals surface area contributed by atoms with Crippen molar-refractivity contribution < 1.29 is 0 Å². The van der Waals surface area contributed by atoms with Gasteiger partial charge in [-0.25, -0.2) is 0 Å². The quantitative estimate of drug-likeness (QED) is 0.689. The van der Waals surface area contributed by atoms with Crippen LogP contribution in [0.1, 0.15) is 30.5 Å². The van der Waals surface area contributed by atoms with Crippen LogP contribution in [0.4, 0.5) is 0 Å². The molecule has 1 aliphatic carbocycles. The molecule has 1 aliphatic rings. The summed E-state index contributed by atoms with van der Waals surface area (Å²) in [6, 6.07) is 6.43. The molecule has 0 N–H and O–H groups in total. The molecule has 0 aliphatic heterocycles. The third-order valence-corrected chi connectivity index (χ3v) is 3.21. The van der Waals surface area contributed by atoms with E-state index in [0.29, 0.717) is 0 Å². The molecular formula is C17H18. The molecule has 0 saturated heterocycles. The van der Waals surface area contributed by atoms with Gasteiger partial charge in [0.25, 0.3) is 0 Å². The van der Waals surface area contributed by atoms with E-state index >= 15 is 0 Å². The highest BCUT2D eigenvalue weighted by molar-refractivity contribution is 5.87. The van der Waals surface area contributed by atoms with Crippen LogP contribution in [0.25, 0.3) is 11.1 Å². The van der Waals surface area contributed by atoms with Crippen molar-refractivity contribution in [1.29, 1.82) is 0 Å². The Morgan fingerprint density at radius 3 is 2.71 bits per heavy atom. The first-order valence-corrected chi connectivity index (χ1v) is 5.95. The molecule has 0 saturated carbocycles. The van der Waals surface area contributed by atoms with Gasteiger partial charge >= 0.3 is 0 Å².